The zero-order chi connectivity index (χ0) is 39.6. The van der Waals surface area contributed by atoms with E-state index in [1.807, 2.05) is 42.9 Å². The number of phenols is 1. The van der Waals surface area contributed by atoms with Gasteiger partial charge in [0.2, 0.25) is 6.29 Å². The molecule has 57 heavy (non-hydrogen) atoms. The van der Waals surface area contributed by atoms with Gasteiger partial charge >= 0.3 is 0 Å². The van der Waals surface area contributed by atoms with Gasteiger partial charge in [-0.25, -0.2) is 0 Å². The van der Waals surface area contributed by atoms with Gasteiger partial charge in [-0.15, -0.1) is 0 Å². The summed E-state index contributed by atoms with van der Waals surface area (Å²) in [5.74, 6) is -0.745. The van der Waals surface area contributed by atoms with Crippen LogP contribution in [0.1, 0.15) is 62.6 Å². The number of phenolic OH excluding ortho intramolecular Hbond substituents is 1. The molecule has 5 N–H and O–H groups in total. The van der Waals surface area contributed by atoms with Crippen molar-refractivity contribution in [1.82, 2.24) is 4.90 Å². The van der Waals surface area contributed by atoms with E-state index in [0.717, 1.165) is 41.7 Å². The van der Waals surface area contributed by atoms with Gasteiger partial charge in [0, 0.05) is 48.2 Å². The van der Waals surface area contributed by atoms with Crippen molar-refractivity contribution in [1.29, 1.82) is 0 Å². The Labute approximate surface area is 328 Å². The summed E-state index contributed by atoms with van der Waals surface area (Å²) < 4.78 is 24.0. The summed E-state index contributed by atoms with van der Waals surface area (Å²) in [5.41, 5.74) is 2.78. The SMILES string of the molecule is COc1cc(O[C@H]2O[C@H](COCC3=C4[CH+]C=CC=C4N=C3)[C@@H](O)[C@H](O)[C@]2(O)CO)c2c(O)c(C(=O)CN3Cc4ccccc4C3=O)c3c(c2c1)C=C[C@H]1CCC[C@@H]31. The van der Waals surface area contributed by atoms with Crippen molar-refractivity contribution in [3.8, 4) is 17.2 Å². The number of nitrogens with zero attached hydrogens (tertiary/aromatic N) is 2. The van der Waals surface area contributed by atoms with Crippen LogP contribution in [-0.4, -0.2) is 112 Å². The first-order chi connectivity index (χ1) is 27.6. The van der Waals surface area contributed by atoms with E-state index in [4.69, 9.17) is 18.9 Å². The fourth-order valence-electron chi connectivity index (χ4n) is 9.15. The minimum Gasteiger partial charge on any atom is -0.506 e. The molecule has 7 atom stereocenters. The molecule has 0 unspecified atom stereocenters. The average molecular weight is 776 g/mol. The molecule has 6 aliphatic rings. The first-order valence-electron chi connectivity index (χ1n) is 19.2. The second-order valence-electron chi connectivity index (χ2n) is 15.4. The zero-order valence-corrected chi connectivity index (χ0v) is 31.2. The zero-order valence-electron chi connectivity index (χ0n) is 31.2. The number of aromatic hydroxyl groups is 1. The average Bonchev–Trinajstić information content (AvgIpc) is 3.96. The van der Waals surface area contributed by atoms with Crippen molar-refractivity contribution in [3.05, 3.63) is 112 Å². The number of benzene rings is 3. The molecule has 3 aliphatic carbocycles. The van der Waals surface area contributed by atoms with Crippen LogP contribution in [-0.2, 0) is 16.0 Å². The number of amides is 1. The molecule has 1 saturated carbocycles. The lowest BCUT2D eigenvalue weighted by Crippen LogP contribution is -2.69. The summed E-state index contributed by atoms with van der Waals surface area (Å²) in [4.78, 5) is 33.8. The van der Waals surface area contributed by atoms with Crippen LogP contribution < -0.4 is 9.47 Å². The highest BCUT2D eigenvalue weighted by atomic mass is 16.7. The van der Waals surface area contributed by atoms with E-state index in [0.29, 0.717) is 27.8 Å². The van der Waals surface area contributed by atoms with E-state index in [9.17, 15) is 35.1 Å². The Morgan fingerprint density at radius 2 is 2.02 bits per heavy atom. The molecule has 2 fully saturated rings. The Morgan fingerprint density at radius 1 is 1.18 bits per heavy atom. The molecular formula is C44H43N2O11+. The molecule has 9 rings (SSSR count). The second-order valence-corrected chi connectivity index (χ2v) is 15.4. The number of allylic oxidation sites excluding steroid dienone is 5. The van der Waals surface area contributed by atoms with Crippen LogP contribution in [0.5, 0.6) is 17.2 Å². The van der Waals surface area contributed by atoms with Crippen molar-refractivity contribution in [2.75, 3.05) is 33.5 Å². The lowest BCUT2D eigenvalue weighted by molar-refractivity contribution is -0.328. The number of aliphatic hydroxyl groups excluding tert-OH is 3. The summed E-state index contributed by atoms with van der Waals surface area (Å²) in [6.07, 6.45) is 9.32. The number of aliphatic imine (C=N–C) groups is 1. The number of carbonyl (C=O) groups is 2. The Bertz CT molecular complexity index is 2330. The lowest BCUT2D eigenvalue weighted by atomic mass is 9.76. The summed E-state index contributed by atoms with van der Waals surface area (Å²) in [6, 6.07) is 10.4. The van der Waals surface area contributed by atoms with E-state index in [2.05, 4.69) is 11.1 Å². The van der Waals surface area contributed by atoms with Gasteiger partial charge in [-0.2, -0.15) is 4.99 Å². The third-order valence-corrected chi connectivity index (χ3v) is 12.2. The van der Waals surface area contributed by atoms with E-state index in [1.54, 1.807) is 24.4 Å². The van der Waals surface area contributed by atoms with Crippen LogP contribution in [0, 0.1) is 12.3 Å². The molecule has 0 spiro atoms. The standard InChI is InChI=1S/C44H42N2O11/c1-54-26-15-31-30-14-13-23-8-6-11-28(23)36(30)38(33(48)19-46-18-24-7-2-3-10-29(24)42(46)52)40(50)37(31)34(16-26)56-43-44(53,22-47)41(51)39(49)35(57-43)21-55-20-25-17-45-32-12-5-4-9-27(25)32/h2-5,7,9-10,12-17,23,28,35,39,41,43,47,49,51,53H,6,8,11,18-22H2,1H3/p+1/t23-,28-,35-,39-,41+,43+,44-/m1/s1. The van der Waals surface area contributed by atoms with Crippen LogP contribution in [0.3, 0.4) is 0 Å². The molecule has 3 aromatic rings. The number of rotatable bonds is 11. The van der Waals surface area contributed by atoms with Gasteiger partial charge in [0.25, 0.3) is 5.91 Å². The van der Waals surface area contributed by atoms with E-state index in [-0.39, 0.29) is 66.5 Å². The lowest BCUT2D eigenvalue weighted by Gasteiger charge is -2.47. The minimum atomic E-state index is -2.54. The minimum absolute atomic E-state index is 0.0537. The topological polar surface area (TPSA) is 188 Å². The number of carbonyl (C=O) groups excluding carboxylic acids is 2. The predicted octanol–water partition coefficient (Wildman–Crippen LogP) is 3.91. The predicted molar refractivity (Wildman–Crippen MR) is 208 cm³/mol. The third-order valence-electron chi connectivity index (χ3n) is 12.2. The monoisotopic (exact) mass is 775 g/mol. The van der Waals surface area contributed by atoms with Crippen molar-refractivity contribution in [2.45, 2.75) is 61.9 Å². The normalized spacial score (nSPS) is 28.3. The third kappa shape index (κ3) is 6.17. The fourth-order valence-corrected chi connectivity index (χ4v) is 9.15. The molecule has 1 saturated heterocycles. The molecule has 294 valence electrons. The molecule has 0 radical (unpaired) electrons. The highest BCUT2D eigenvalue weighted by Crippen LogP contribution is 2.53. The number of aliphatic hydroxyl groups is 4. The van der Waals surface area contributed by atoms with E-state index < -0.39 is 42.6 Å². The molecule has 3 aromatic carbocycles. The van der Waals surface area contributed by atoms with Crippen molar-refractivity contribution >= 4 is 34.8 Å². The molecule has 0 bridgehead atoms. The Balaban J connectivity index is 1.08. The highest BCUT2D eigenvalue weighted by molar-refractivity contribution is 6.13. The summed E-state index contributed by atoms with van der Waals surface area (Å²) >= 11 is 0. The number of ketones is 1. The van der Waals surface area contributed by atoms with Gasteiger partial charge in [0.1, 0.15) is 47.7 Å². The molecule has 13 heteroatoms. The Morgan fingerprint density at radius 3 is 2.82 bits per heavy atom. The molecular weight excluding hydrogens is 732 g/mol. The molecule has 1 amide bonds. The summed E-state index contributed by atoms with van der Waals surface area (Å²) in [7, 11) is 1.46. The van der Waals surface area contributed by atoms with Gasteiger partial charge in [0.05, 0.1) is 49.6 Å². The van der Waals surface area contributed by atoms with Crippen molar-refractivity contribution in [2.24, 2.45) is 10.9 Å². The quantitative estimate of drug-likeness (QED) is 0.140. The second kappa shape index (κ2) is 14.6. The largest absolute Gasteiger partial charge is 0.506 e. The van der Waals surface area contributed by atoms with Crippen molar-refractivity contribution < 1.29 is 54.1 Å². The number of ether oxygens (including phenoxy) is 4. The molecule has 3 aliphatic heterocycles. The number of Topliss-reactive ketones (excluding diaryl/α,β-unsaturated/α-hetero) is 1. The van der Waals surface area contributed by atoms with Gasteiger partial charge < -0.3 is 49.4 Å². The summed E-state index contributed by atoms with van der Waals surface area (Å²) in [5, 5.41) is 57.4. The number of fused-ring (bicyclic) bond motifs is 7. The number of hydrogen-bond acceptors (Lipinski definition) is 12. The van der Waals surface area contributed by atoms with Crippen LogP contribution >= 0.6 is 0 Å². The van der Waals surface area contributed by atoms with Crippen LogP contribution in [0.4, 0.5) is 0 Å². The summed E-state index contributed by atoms with van der Waals surface area (Å²) in [6.45, 7) is -1.21. The van der Waals surface area contributed by atoms with Gasteiger partial charge in [-0.3, -0.25) is 9.59 Å². The Hall–Kier alpha value is -5.28. The van der Waals surface area contributed by atoms with E-state index >= 15 is 0 Å². The maximum atomic E-state index is 14.6. The first kappa shape index (κ1) is 37.3. The molecule has 0 aromatic heterocycles. The van der Waals surface area contributed by atoms with Crippen LogP contribution in [0.15, 0.2) is 82.5 Å². The van der Waals surface area contributed by atoms with Crippen LogP contribution in [0.25, 0.3) is 16.8 Å². The molecule has 3 heterocycles. The van der Waals surface area contributed by atoms with E-state index in [1.165, 1.54) is 18.1 Å². The maximum absolute atomic E-state index is 14.6. The first-order valence-corrected chi connectivity index (χ1v) is 19.2. The molecule has 13 nitrogen and oxygen atoms in total. The van der Waals surface area contributed by atoms with Crippen LogP contribution in [0.2, 0.25) is 0 Å². The number of methoxy groups -OCH3 is 1. The fraction of sp³-hybridized carbons (Fsp3) is 0.364. The van der Waals surface area contributed by atoms with Crippen molar-refractivity contribution in [3.63, 3.8) is 0 Å². The highest BCUT2D eigenvalue weighted by Gasteiger charge is 2.56. The van der Waals surface area contributed by atoms with Gasteiger partial charge in [-0.05, 0) is 53.5 Å². The number of hydrogen-bond donors (Lipinski definition) is 5. The van der Waals surface area contributed by atoms with Gasteiger partial charge in [-0.1, -0.05) is 36.8 Å². The van der Waals surface area contributed by atoms with Gasteiger partial charge in [0.15, 0.2) is 17.1 Å². The smallest absolute Gasteiger partial charge is 0.254 e. The maximum Gasteiger partial charge on any atom is 0.254 e. The Kier molecular flexibility index (Phi) is 9.55.